The molecular formula is C15H15Cl2N5O4. The van der Waals surface area contributed by atoms with Crippen LogP contribution in [0, 0.1) is 0 Å². The third kappa shape index (κ3) is 2.89. The molecule has 0 fully saturated rings. The molecule has 3 N–H and O–H groups in total. The molecule has 0 aliphatic carbocycles. The van der Waals surface area contributed by atoms with Crippen LogP contribution < -0.4 is 25.6 Å². The topological polar surface area (TPSA) is 117 Å². The number of anilines is 1. The lowest BCUT2D eigenvalue weighted by atomic mass is 10.1. The average Bonchev–Trinajstić information content (AvgIpc) is 2.92. The number of halogens is 2. The fourth-order valence-electron chi connectivity index (χ4n) is 2.62. The molecule has 0 amide bonds. The molecule has 0 spiro atoms. The highest BCUT2D eigenvalue weighted by Crippen LogP contribution is 2.44. The lowest BCUT2D eigenvalue weighted by molar-refractivity contribution is 0.324. The first kappa shape index (κ1) is 18.2. The SMILES string of the molecule is COc1cc(Cn2c(=O)[nH]c3c(Cl)nc(N)nc32)c(Cl)c(OC)c1OC. The van der Waals surface area contributed by atoms with Crippen molar-refractivity contribution in [3.8, 4) is 17.2 Å². The van der Waals surface area contributed by atoms with Gasteiger partial charge in [-0.3, -0.25) is 4.57 Å². The number of nitrogen functional groups attached to an aromatic ring is 1. The Labute approximate surface area is 157 Å². The summed E-state index contributed by atoms with van der Waals surface area (Å²) in [6.45, 7) is 0.0706. The molecule has 26 heavy (non-hydrogen) atoms. The summed E-state index contributed by atoms with van der Waals surface area (Å²) in [5.41, 5.74) is 6.30. The van der Waals surface area contributed by atoms with E-state index in [-0.39, 0.29) is 33.8 Å². The molecule has 3 rings (SSSR count). The van der Waals surface area contributed by atoms with E-state index in [9.17, 15) is 4.79 Å². The number of hydrogen-bond acceptors (Lipinski definition) is 7. The lowest BCUT2D eigenvalue weighted by Crippen LogP contribution is -2.18. The fourth-order valence-corrected chi connectivity index (χ4v) is 3.11. The number of aromatic amines is 1. The molecule has 138 valence electrons. The number of fused-ring (bicyclic) bond motifs is 1. The van der Waals surface area contributed by atoms with E-state index < -0.39 is 5.69 Å². The Morgan fingerprint density at radius 3 is 2.46 bits per heavy atom. The van der Waals surface area contributed by atoms with E-state index in [2.05, 4.69) is 15.0 Å². The Hall–Kier alpha value is -2.65. The van der Waals surface area contributed by atoms with Gasteiger partial charge in [0.2, 0.25) is 11.7 Å². The number of imidazole rings is 1. The fraction of sp³-hybridized carbons (Fsp3) is 0.267. The van der Waals surface area contributed by atoms with E-state index in [4.69, 9.17) is 43.1 Å². The van der Waals surface area contributed by atoms with Crippen LogP contribution in [0.5, 0.6) is 17.2 Å². The van der Waals surface area contributed by atoms with Crippen molar-refractivity contribution in [1.29, 1.82) is 0 Å². The van der Waals surface area contributed by atoms with Crippen LogP contribution in [0.4, 0.5) is 5.95 Å². The summed E-state index contributed by atoms with van der Waals surface area (Å²) >= 11 is 12.5. The summed E-state index contributed by atoms with van der Waals surface area (Å²) in [5, 5.41) is 0.332. The first-order chi connectivity index (χ1) is 12.4. The van der Waals surface area contributed by atoms with E-state index in [1.54, 1.807) is 6.07 Å². The van der Waals surface area contributed by atoms with Crippen LogP contribution in [0.3, 0.4) is 0 Å². The summed E-state index contributed by atoms with van der Waals surface area (Å²) < 4.78 is 17.3. The van der Waals surface area contributed by atoms with Gasteiger partial charge in [0.05, 0.1) is 32.9 Å². The molecule has 9 nitrogen and oxygen atoms in total. The van der Waals surface area contributed by atoms with E-state index in [1.807, 2.05) is 0 Å². The lowest BCUT2D eigenvalue weighted by Gasteiger charge is -2.16. The molecule has 11 heteroatoms. The third-order valence-electron chi connectivity index (χ3n) is 3.77. The number of nitrogens with zero attached hydrogens (tertiary/aromatic N) is 3. The quantitative estimate of drug-likeness (QED) is 0.630. The maximum absolute atomic E-state index is 12.4. The van der Waals surface area contributed by atoms with Crippen LogP contribution in [-0.2, 0) is 6.54 Å². The van der Waals surface area contributed by atoms with E-state index in [0.717, 1.165) is 0 Å². The summed E-state index contributed by atoms with van der Waals surface area (Å²) in [7, 11) is 4.42. The van der Waals surface area contributed by atoms with Gasteiger partial charge >= 0.3 is 5.69 Å². The number of nitrogens with one attached hydrogen (secondary N) is 1. The van der Waals surface area contributed by atoms with Gasteiger partial charge < -0.3 is 24.9 Å². The zero-order valence-electron chi connectivity index (χ0n) is 14.1. The Morgan fingerprint density at radius 2 is 1.85 bits per heavy atom. The Kier molecular flexibility index (Phi) is 4.84. The average molecular weight is 400 g/mol. The maximum atomic E-state index is 12.4. The number of aromatic nitrogens is 4. The standard InChI is InChI=1S/C15H15Cl2N5O4/c1-24-7-4-6(8(16)11(26-3)10(7)25-2)5-22-13-9(19-15(22)23)12(17)20-14(18)21-13/h4H,5H2,1-3H3,(H,19,23)(H2,18,20,21). The third-order valence-corrected chi connectivity index (χ3v) is 4.46. The zero-order chi connectivity index (χ0) is 19.0. The van der Waals surface area contributed by atoms with Gasteiger partial charge in [-0.25, -0.2) is 4.79 Å². The van der Waals surface area contributed by atoms with Crippen molar-refractivity contribution < 1.29 is 14.2 Å². The predicted molar refractivity (Wildman–Crippen MR) is 97.8 cm³/mol. The predicted octanol–water partition coefficient (Wildman–Crippen LogP) is 2.08. The molecule has 1 aromatic carbocycles. The van der Waals surface area contributed by atoms with Crippen molar-refractivity contribution in [2.24, 2.45) is 0 Å². The molecule has 3 aromatic rings. The Morgan fingerprint density at radius 1 is 1.15 bits per heavy atom. The highest BCUT2D eigenvalue weighted by atomic mass is 35.5. The molecule has 0 aliphatic heterocycles. The van der Waals surface area contributed by atoms with Crippen LogP contribution >= 0.6 is 23.2 Å². The van der Waals surface area contributed by atoms with Crippen LogP contribution in [0.15, 0.2) is 10.9 Å². The number of benzene rings is 1. The number of nitrogens with two attached hydrogens (primary N) is 1. The minimum atomic E-state index is -0.438. The first-order valence-electron chi connectivity index (χ1n) is 7.30. The molecule has 0 atom stereocenters. The highest BCUT2D eigenvalue weighted by Gasteiger charge is 2.21. The van der Waals surface area contributed by atoms with Gasteiger partial charge in [-0.05, 0) is 11.6 Å². The Bertz CT molecular complexity index is 1050. The highest BCUT2D eigenvalue weighted by molar-refractivity contribution is 6.34. The minimum absolute atomic E-state index is 0.0498. The summed E-state index contributed by atoms with van der Waals surface area (Å²) in [6.07, 6.45) is 0. The molecule has 0 radical (unpaired) electrons. The van der Waals surface area contributed by atoms with Crippen molar-refractivity contribution in [1.82, 2.24) is 19.5 Å². The van der Waals surface area contributed by atoms with E-state index >= 15 is 0 Å². The number of rotatable bonds is 5. The van der Waals surface area contributed by atoms with Crippen molar-refractivity contribution in [2.75, 3.05) is 27.1 Å². The largest absolute Gasteiger partial charge is 0.493 e. The maximum Gasteiger partial charge on any atom is 0.328 e. The molecule has 0 saturated carbocycles. The molecule has 0 aliphatic rings. The normalized spacial score (nSPS) is 11.0. The van der Waals surface area contributed by atoms with Crippen molar-refractivity contribution >= 4 is 40.3 Å². The number of H-pyrrole nitrogens is 1. The summed E-state index contributed by atoms with van der Waals surface area (Å²) in [6, 6.07) is 1.65. The molecule has 0 bridgehead atoms. The summed E-state index contributed by atoms with van der Waals surface area (Å²) in [5.74, 6) is 1.00. The van der Waals surface area contributed by atoms with Gasteiger partial charge in [0, 0.05) is 0 Å². The van der Waals surface area contributed by atoms with Crippen LogP contribution in [0.1, 0.15) is 5.56 Å². The molecule has 0 saturated heterocycles. The molecule has 2 heterocycles. The molecule has 0 unspecified atom stereocenters. The van der Waals surface area contributed by atoms with Gasteiger partial charge in [0.15, 0.2) is 22.3 Å². The van der Waals surface area contributed by atoms with Gasteiger partial charge in [-0.1, -0.05) is 23.2 Å². The van der Waals surface area contributed by atoms with Crippen molar-refractivity contribution in [3.63, 3.8) is 0 Å². The number of methoxy groups -OCH3 is 3. The molecular weight excluding hydrogens is 385 g/mol. The Balaban J connectivity index is 2.20. The zero-order valence-corrected chi connectivity index (χ0v) is 15.6. The number of hydrogen-bond donors (Lipinski definition) is 2. The van der Waals surface area contributed by atoms with Crippen molar-refractivity contribution in [2.45, 2.75) is 6.54 Å². The smallest absolute Gasteiger partial charge is 0.328 e. The van der Waals surface area contributed by atoms with Gasteiger partial charge in [0.1, 0.15) is 5.52 Å². The summed E-state index contributed by atoms with van der Waals surface area (Å²) in [4.78, 5) is 22.9. The number of ether oxygens (including phenoxy) is 3. The minimum Gasteiger partial charge on any atom is -0.493 e. The second kappa shape index (κ2) is 6.93. The van der Waals surface area contributed by atoms with Crippen LogP contribution in [0.2, 0.25) is 10.2 Å². The van der Waals surface area contributed by atoms with Gasteiger partial charge in [-0.15, -0.1) is 0 Å². The van der Waals surface area contributed by atoms with Gasteiger partial charge in [0.25, 0.3) is 0 Å². The monoisotopic (exact) mass is 399 g/mol. The van der Waals surface area contributed by atoms with E-state index in [1.165, 1.54) is 25.9 Å². The molecule has 2 aromatic heterocycles. The van der Waals surface area contributed by atoms with Crippen molar-refractivity contribution in [3.05, 3.63) is 32.3 Å². The van der Waals surface area contributed by atoms with Gasteiger partial charge in [-0.2, -0.15) is 9.97 Å². The second-order valence-corrected chi connectivity index (χ2v) is 5.94. The van der Waals surface area contributed by atoms with Crippen LogP contribution in [0.25, 0.3) is 11.2 Å². The van der Waals surface area contributed by atoms with E-state index in [0.29, 0.717) is 22.8 Å². The van der Waals surface area contributed by atoms with Crippen LogP contribution in [-0.4, -0.2) is 40.8 Å². The second-order valence-electron chi connectivity index (χ2n) is 5.21. The first-order valence-corrected chi connectivity index (χ1v) is 8.05.